The van der Waals surface area contributed by atoms with Gasteiger partial charge in [-0.1, -0.05) is 31.4 Å². The van der Waals surface area contributed by atoms with Gasteiger partial charge in [0.25, 0.3) is 5.91 Å². The number of nitrogens with zero attached hydrogens (tertiary/aromatic N) is 2. The summed E-state index contributed by atoms with van der Waals surface area (Å²) in [7, 11) is 0. The van der Waals surface area contributed by atoms with E-state index in [9.17, 15) is 14.7 Å². The summed E-state index contributed by atoms with van der Waals surface area (Å²) in [6.07, 6.45) is 8.29. The minimum absolute atomic E-state index is 0.116. The highest BCUT2D eigenvalue weighted by Gasteiger charge is 2.39. The second kappa shape index (κ2) is 9.64. The molecule has 2 unspecified atom stereocenters. The molecule has 1 amide bonds. The number of hydrogen-bond donors (Lipinski definition) is 2. The number of benzene rings is 1. The number of hydrogen-bond acceptors (Lipinski definition) is 6. The highest BCUT2D eigenvalue weighted by atomic mass is 16.5. The lowest BCUT2D eigenvalue weighted by molar-refractivity contribution is -0.148. The second-order valence-electron chi connectivity index (χ2n) is 8.67. The number of phenolic OH excluding ortho intramolecular Hbond substituents is 1. The van der Waals surface area contributed by atoms with Crippen LogP contribution in [0.4, 0.5) is 0 Å². The van der Waals surface area contributed by atoms with Crippen LogP contribution in [0.25, 0.3) is 10.9 Å². The van der Waals surface area contributed by atoms with Gasteiger partial charge < -0.3 is 15.2 Å². The van der Waals surface area contributed by atoms with Crippen molar-refractivity contribution in [2.24, 2.45) is 5.92 Å². The van der Waals surface area contributed by atoms with Gasteiger partial charge in [-0.3, -0.25) is 19.5 Å². The molecular formula is C24H31N3O4. The molecule has 0 spiro atoms. The van der Waals surface area contributed by atoms with E-state index in [4.69, 9.17) is 4.74 Å². The lowest BCUT2D eigenvalue weighted by Gasteiger charge is -2.29. The monoisotopic (exact) mass is 425 g/mol. The minimum atomic E-state index is -0.350. The van der Waals surface area contributed by atoms with Crippen molar-refractivity contribution in [3.8, 4) is 5.75 Å². The van der Waals surface area contributed by atoms with E-state index in [2.05, 4.69) is 15.2 Å². The Kier molecular flexibility index (Phi) is 6.70. The lowest BCUT2D eigenvalue weighted by Crippen LogP contribution is -2.41. The molecule has 1 aromatic carbocycles. The number of likely N-dealkylation sites (tertiary alicyclic amines) is 1. The molecule has 0 radical (unpaired) electrons. The third-order valence-corrected chi connectivity index (χ3v) is 6.51. The van der Waals surface area contributed by atoms with Crippen LogP contribution in [-0.2, 0) is 9.53 Å². The molecule has 1 aliphatic carbocycles. The van der Waals surface area contributed by atoms with E-state index in [-0.39, 0.29) is 35.3 Å². The number of pyridine rings is 1. The summed E-state index contributed by atoms with van der Waals surface area (Å²) >= 11 is 0. The summed E-state index contributed by atoms with van der Waals surface area (Å²) in [6.45, 7) is 3.63. The zero-order valence-electron chi connectivity index (χ0n) is 18.0. The van der Waals surface area contributed by atoms with Gasteiger partial charge in [0.1, 0.15) is 11.6 Å². The molecule has 2 N–H and O–H groups in total. The van der Waals surface area contributed by atoms with Gasteiger partial charge in [-0.2, -0.15) is 0 Å². The Hall–Kier alpha value is -2.67. The van der Waals surface area contributed by atoms with E-state index in [1.165, 1.54) is 32.1 Å². The maximum absolute atomic E-state index is 12.9. The van der Waals surface area contributed by atoms with Crippen LogP contribution in [0.15, 0.2) is 30.5 Å². The smallest absolute Gasteiger partial charge is 0.323 e. The first-order valence-corrected chi connectivity index (χ1v) is 11.3. The van der Waals surface area contributed by atoms with Crippen molar-refractivity contribution < 1.29 is 19.4 Å². The number of esters is 1. The molecule has 0 bridgehead atoms. The molecule has 31 heavy (non-hydrogen) atoms. The minimum Gasteiger partial charge on any atom is -0.505 e. The number of rotatable bonds is 6. The van der Waals surface area contributed by atoms with E-state index in [0.29, 0.717) is 31.0 Å². The van der Waals surface area contributed by atoms with Gasteiger partial charge in [0, 0.05) is 30.7 Å². The number of carbonyl (C=O) groups is 2. The van der Waals surface area contributed by atoms with Crippen LogP contribution in [0.1, 0.15) is 55.8 Å². The zero-order chi connectivity index (χ0) is 21.8. The van der Waals surface area contributed by atoms with Crippen LogP contribution in [0.5, 0.6) is 5.75 Å². The average molecular weight is 426 g/mol. The number of fused-ring (bicyclic) bond motifs is 1. The Morgan fingerprint density at radius 1 is 1.23 bits per heavy atom. The van der Waals surface area contributed by atoms with Crippen molar-refractivity contribution in [2.75, 3.05) is 19.7 Å². The molecule has 7 heteroatoms. The summed E-state index contributed by atoms with van der Waals surface area (Å²) in [5.41, 5.74) is 0.606. The fourth-order valence-corrected chi connectivity index (χ4v) is 4.97. The Bertz CT molecular complexity index is 942. The topological polar surface area (TPSA) is 91.8 Å². The van der Waals surface area contributed by atoms with E-state index < -0.39 is 0 Å². The fraction of sp³-hybridized carbons (Fsp3) is 0.542. The second-order valence-corrected chi connectivity index (χ2v) is 8.67. The van der Waals surface area contributed by atoms with Gasteiger partial charge in [0.2, 0.25) is 0 Å². The van der Waals surface area contributed by atoms with Gasteiger partial charge in [0.15, 0.2) is 5.75 Å². The molecule has 2 fully saturated rings. The molecule has 7 nitrogen and oxygen atoms in total. The molecule has 2 atom stereocenters. The fourth-order valence-electron chi connectivity index (χ4n) is 4.97. The largest absolute Gasteiger partial charge is 0.505 e. The Morgan fingerprint density at radius 3 is 2.81 bits per heavy atom. The van der Waals surface area contributed by atoms with Gasteiger partial charge in [0.05, 0.1) is 12.2 Å². The number of aromatic nitrogens is 1. The third kappa shape index (κ3) is 4.82. The number of amides is 1. The number of nitrogens with one attached hydrogen (secondary N) is 1. The highest BCUT2D eigenvalue weighted by Crippen LogP contribution is 2.30. The van der Waals surface area contributed by atoms with Crippen molar-refractivity contribution in [3.63, 3.8) is 0 Å². The van der Waals surface area contributed by atoms with Gasteiger partial charge in [-0.15, -0.1) is 0 Å². The van der Waals surface area contributed by atoms with Crippen LogP contribution in [0.2, 0.25) is 0 Å². The predicted molar refractivity (Wildman–Crippen MR) is 118 cm³/mol. The zero-order valence-corrected chi connectivity index (χ0v) is 18.0. The average Bonchev–Trinajstić information content (AvgIpc) is 3.17. The summed E-state index contributed by atoms with van der Waals surface area (Å²) in [4.78, 5) is 31.9. The Balaban J connectivity index is 1.46. The molecule has 166 valence electrons. The molecule has 1 saturated heterocycles. The molecule has 2 aromatic rings. The number of ether oxygens (including phenoxy) is 1. The molecule has 1 aromatic heterocycles. The number of aromatic hydroxyl groups is 1. The van der Waals surface area contributed by atoms with Gasteiger partial charge >= 0.3 is 5.97 Å². The van der Waals surface area contributed by atoms with Crippen LogP contribution in [0.3, 0.4) is 0 Å². The summed E-state index contributed by atoms with van der Waals surface area (Å²) in [6, 6.07) is 6.52. The van der Waals surface area contributed by atoms with E-state index >= 15 is 0 Å². The van der Waals surface area contributed by atoms with Crippen LogP contribution in [-0.4, -0.2) is 58.6 Å². The normalized spacial score (nSPS) is 22.5. The lowest BCUT2D eigenvalue weighted by atomic mass is 9.89. The highest BCUT2D eigenvalue weighted by molar-refractivity contribution is 6.02. The van der Waals surface area contributed by atoms with E-state index in [1.807, 2.05) is 13.0 Å². The molecule has 1 aliphatic heterocycles. The summed E-state index contributed by atoms with van der Waals surface area (Å²) in [5, 5.41) is 14.4. The molecular weight excluding hydrogens is 394 g/mol. The maximum atomic E-state index is 12.9. The summed E-state index contributed by atoms with van der Waals surface area (Å²) < 4.78 is 5.31. The first-order valence-electron chi connectivity index (χ1n) is 11.3. The summed E-state index contributed by atoms with van der Waals surface area (Å²) in [5.74, 6) is -0.0877. The number of phenols is 1. The third-order valence-electron chi connectivity index (χ3n) is 6.51. The van der Waals surface area contributed by atoms with Crippen LogP contribution < -0.4 is 5.32 Å². The van der Waals surface area contributed by atoms with Gasteiger partial charge in [-0.05, 0) is 44.2 Å². The molecule has 1 saturated carbocycles. The van der Waals surface area contributed by atoms with Crippen molar-refractivity contribution in [2.45, 2.75) is 57.5 Å². The first-order chi connectivity index (χ1) is 15.1. The SMILES string of the molecule is CCOC(=O)C1CC(NC(=O)c2ccc3cccnc3c2O)CN1CC1CCCCC1. The molecule has 2 heterocycles. The predicted octanol–water partition coefficient (Wildman–Crippen LogP) is 3.26. The Labute approximate surface area is 182 Å². The van der Waals surface area contributed by atoms with Crippen molar-refractivity contribution >= 4 is 22.8 Å². The van der Waals surface area contributed by atoms with Crippen molar-refractivity contribution in [1.29, 1.82) is 0 Å². The maximum Gasteiger partial charge on any atom is 0.323 e. The van der Waals surface area contributed by atoms with Gasteiger partial charge in [-0.25, -0.2) is 0 Å². The van der Waals surface area contributed by atoms with Crippen molar-refractivity contribution in [3.05, 3.63) is 36.0 Å². The Morgan fingerprint density at radius 2 is 2.03 bits per heavy atom. The van der Waals surface area contributed by atoms with Crippen LogP contribution in [0, 0.1) is 5.92 Å². The van der Waals surface area contributed by atoms with Crippen LogP contribution >= 0.6 is 0 Å². The standard InChI is InChI=1S/C24H31N3O4/c1-2-31-24(30)20-13-18(15-27(20)14-16-7-4-3-5-8-16)26-23(29)19-11-10-17-9-6-12-25-21(17)22(19)28/h6,9-12,16,18,20,28H,2-5,7-8,13-15H2,1H3,(H,26,29). The first kappa shape index (κ1) is 21.6. The van der Waals surface area contributed by atoms with E-state index in [1.54, 1.807) is 24.4 Å². The molecule has 4 rings (SSSR count). The van der Waals surface area contributed by atoms with E-state index in [0.717, 1.165) is 11.9 Å². The van der Waals surface area contributed by atoms with Crippen molar-refractivity contribution in [1.82, 2.24) is 15.2 Å². The number of carbonyl (C=O) groups excluding carboxylic acids is 2. The quantitative estimate of drug-likeness (QED) is 0.691. The molecule has 2 aliphatic rings.